The Labute approximate surface area is 87.0 Å². The summed E-state index contributed by atoms with van der Waals surface area (Å²) >= 11 is 9.74. The van der Waals surface area contributed by atoms with Gasteiger partial charge in [0.05, 0.1) is 5.02 Å². The molecule has 1 aromatic rings. The maximum atomic E-state index is 13.1. The van der Waals surface area contributed by atoms with Crippen LogP contribution >= 0.6 is 24.2 Å². The van der Waals surface area contributed by atoms with Crippen molar-refractivity contribution in [1.29, 1.82) is 0 Å². The average molecular weight is 218 g/mol. The van der Waals surface area contributed by atoms with E-state index in [-0.39, 0.29) is 5.82 Å². The van der Waals surface area contributed by atoms with Crippen molar-refractivity contribution in [2.24, 2.45) is 4.99 Å². The molecule has 0 heterocycles. The van der Waals surface area contributed by atoms with Gasteiger partial charge in [0, 0.05) is 24.1 Å². The molecule has 0 aliphatic heterocycles. The van der Waals surface area contributed by atoms with Gasteiger partial charge < -0.3 is 0 Å². The first-order valence-electron chi connectivity index (χ1n) is 3.80. The molecular weight excluding hydrogens is 209 g/mol. The number of aliphatic imine (C=N–C) groups is 1. The predicted molar refractivity (Wildman–Crippen MR) is 57.7 cm³/mol. The lowest BCUT2D eigenvalue weighted by Gasteiger charge is -1.98. The van der Waals surface area contributed by atoms with Crippen molar-refractivity contribution >= 4 is 30.4 Å². The first-order chi connectivity index (χ1) is 6.25. The number of nitrogens with zero attached hydrogens (tertiary/aromatic N) is 1. The van der Waals surface area contributed by atoms with Gasteiger partial charge in [0.25, 0.3) is 0 Å². The molecule has 0 amide bonds. The number of benzene rings is 1. The fraction of sp³-hybridized carbons (Fsp3) is 0.222. The van der Waals surface area contributed by atoms with Gasteiger partial charge in [-0.15, -0.1) is 0 Å². The fourth-order valence-electron chi connectivity index (χ4n) is 0.848. The molecule has 0 saturated heterocycles. The average Bonchev–Trinajstić information content (AvgIpc) is 2.10. The highest BCUT2D eigenvalue weighted by molar-refractivity contribution is 7.80. The van der Waals surface area contributed by atoms with Crippen molar-refractivity contribution in [3.8, 4) is 0 Å². The Hall–Kier alpha value is -0.540. The molecule has 0 bridgehead atoms. The first-order valence-corrected chi connectivity index (χ1v) is 4.81. The van der Waals surface area contributed by atoms with Crippen molar-refractivity contribution in [3.05, 3.63) is 34.6 Å². The molecule has 1 aromatic carbocycles. The summed E-state index contributed by atoms with van der Waals surface area (Å²) in [6.45, 7) is 0.563. The Morgan fingerprint density at radius 2 is 2.31 bits per heavy atom. The van der Waals surface area contributed by atoms with Crippen LogP contribution in [0.15, 0.2) is 23.2 Å². The van der Waals surface area contributed by atoms with Crippen molar-refractivity contribution in [1.82, 2.24) is 0 Å². The van der Waals surface area contributed by atoms with Crippen LogP contribution in [0.4, 0.5) is 4.39 Å². The van der Waals surface area contributed by atoms with Crippen LogP contribution in [0.25, 0.3) is 0 Å². The summed E-state index contributed by atoms with van der Waals surface area (Å²) in [6.07, 6.45) is 1.44. The van der Waals surface area contributed by atoms with E-state index in [1.54, 1.807) is 12.1 Å². The molecule has 0 unspecified atom stereocenters. The molecule has 0 aliphatic rings. The van der Waals surface area contributed by atoms with Crippen molar-refractivity contribution in [2.45, 2.75) is 0 Å². The second-order valence-electron chi connectivity index (χ2n) is 2.39. The Balaban J connectivity index is 2.87. The zero-order chi connectivity index (χ0) is 9.68. The smallest absolute Gasteiger partial charge is 0.133 e. The largest absolute Gasteiger partial charge is 0.292 e. The van der Waals surface area contributed by atoms with Crippen LogP contribution in [0.1, 0.15) is 5.56 Å². The van der Waals surface area contributed by atoms with E-state index in [0.29, 0.717) is 22.9 Å². The molecular formula is C9H9ClFNS. The van der Waals surface area contributed by atoms with E-state index in [4.69, 9.17) is 11.6 Å². The summed E-state index contributed by atoms with van der Waals surface area (Å²) < 4.78 is 13.1. The molecule has 0 aromatic heterocycles. The Bertz CT molecular complexity index is 294. The molecule has 0 fully saturated rings. The summed E-state index contributed by atoms with van der Waals surface area (Å²) in [6, 6.07) is 4.55. The number of halogens is 2. The zero-order valence-electron chi connectivity index (χ0n) is 6.87. The molecule has 1 nitrogen and oxygen atoms in total. The van der Waals surface area contributed by atoms with Crippen LogP contribution in [0.3, 0.4) is 0 Å². The molecule has 1 rings (SSSR count). The molecule has 4 heteroatoms. The highest BCUT2D eigenvalue weighted by Gasteiger charge is 2.02. The molecule has 0 radical (unpaired) electrons. The maximum absolute atomic E-state index is 13.1. The number of hydrogen-bond donors (Lipinski definition) is 1. The maximum Gasteiger partial charge on any atom is 0.133 e. The highest BCUT2D eigenvalue weighted by atomic mass is 35.5. The Morgan fingerprint density at radius 3 is 2.92 bits per heavy atom. The van der Waals surface area contributed by atoms with Gasteiger partial charge in [0.1, 0.15) is 5.82 Å². The van der Waals surface area contributed by atoms with Crippen LogP contribution in [-0.2, 0) is 0 Å². The minimum atomic E-state index is -0.351. The summed E-state index contributed by atoms with van der Waals surface area (Å²) in [5, 5.41) is 0.378. The third-order valence-electron chi connectivity index (χ3n) is 1.45. The normalized spacial score (nSPS) is 11.0. The third-order valence-corrected chi connectivity index (χ3v) is 1.98. The van der Waals surface area contributed by atoms with E-state index < -0.39 is 0 Å². The van der Waals surface area contributed by atoms with E-state index in [9.17, 15) is 4.39 Å². The minimum Gasteiger partial charge on any atom is -0.292 e. The summed E-state index contributed by atoms with van der Waals surface area (Å²) in [4.78, 5) is 3.96. The van der Waals surface area contributed by atoms with Gasteiger partial charge in [-0.1, -0.05) is 17.7 Å². The standard InChI is InChI=1S/C9H9ClFNS/c10-8-2-1-3-9(11)7(8)6-12-4-5-13/h1-3,6,13H,4-5H2. The Morgan fingerprint density at radius 1 is 1.54 bits per heavy atom. The fourth-order valence-corrected chi connectivity index (χ4v) is 1.17. The van der Waals surface area contributed by atoms with Gasteiger partial charge in [-0.3, -0.25) is 4.99 Å². The number of hydrogen-bond acceptors (Lipinski definition) is 2. The highest BCUT2D eigenvalue weighted by Crippen LogP contribution is 2.16. The van der Waals surface area contributed by atoms with E-state index in [0.717, 1.165) is 0 Å². The predicted octanol–water partition coefficient (Wildman–Crippen LogP) is 2.83. The number of thiol groups is 1. The second kappa shape index (κ2) is 5.25. The van der Waals surface area contributed by atoms with Gasteiger partial charge in [0.2, 0.25) is 0 Å². The molecule has 0 atom stereocenters. The van der Waals surface area contributed by atoms with Crippen molar-refractivity contribution in [3.63, 3.8) is 0 Å². The van der Waals surface area contributed by atoms with E-state index >= 15 is 0 Å². The second-order valence-corrected chi connectivity index (χ2v) is 3.25. The van der Waals surface area contributed by atoms with Crippen LogP contribution in [0, 0.1) is 5.82 Å². The van der Waals surface area contributed by atoms with Gasteiger partial charge in [0.15, 0.2) is 0 Å². The summed E-state index contributed by atoms with van der Waals surface area (Å²) in [7, 11) is 0. The monoisotopic (exact) mass is 217 g/mol. The zero-order valence-corrected chi connectivity index (χ0v) is 8.52. The van der Waals surface area contributed by atoms with Gasteiger partial charge in [-0.05, 0) is 12.1 Å². The SMILES string of the molecule is Fc1cccc(Cl)c1C=NCCS. The summed E-state index contributed by atoms with van der Waals surface area (Å²) in [5.41, 5.74) is 0.339. The molecule has 0 spiro atoms. The van der Waals surface area contributed by atoms with Crippen LogP contribution in [0.5, 0.6) is 0 Å². The third kappa shape index (κ3) is 3.01. The minimum absolute atomic E-state index is 0.339. The van der Waals surface area contributed by atoms with Crippen LogP contribution < -0.4 is 0 Å². The number of rotatable bonds is 3. The van der Waals surface area contributed by atoms with Gasteiger partial charge in [-0.25, -0.2) is 4.39 Å². The molecule has 0 aliphatic carbocycles. The Kier molecular flexibility index (Phi) is 4.25. The summed E-state index contributed by atoms with van der Waals surface area (Å²) in [5.74, 6) is 0.290. The molecule has 0 saturated carbocycles. The first kappa shape index (κ1) is 10.5. The lowest BCUT2D eigenvalue weighted by molar-refractivity contribution is 0.626. The van der Waals surface area contributed by atoms with Crippen molar-refractivity contribution in [2.75, 3.05) is 12.3 Å². The topological polar surface area (TPSA) is 12.4 Å². The van der Waals surface area contributed by atoms with Gasteiger partial charge in [-0.2, -0.15) is 12.6 Å². The van der Waals surface area contributed by atoms with E-state index in [1.165, 1.54) is 12.3 Å². The van der Waals surface area contributed by atoms with E-state index in [2.05, 4.69) is 17.6 Å². The van der Waals surface area contributed by atoms with Crippen LogP contribution in [0.2, 0.25) is 5.02 Å². The lowest BCUT2D eigenvalue weighted by atomic mass is 10.2. The van der Waals surface area contributed by atoms with Crippen molar-refractivity contribution < 1.29 is 4.39 Å². The molecule has 0 N–H and O–H groups in total. The quantitative estimate of drug-likeness (QED) is 0.591. The molecule has 70 valence electrons. The molecule has 13 heavy (non-hydrogen) atoms. The van der Waals surface area contributed by atoms with E-state index in [1.807, 2.05) is 0 Å². The lowest BCUT2D eigenvalue weighted by Crippen LogP contribution is -1.91. The van der Waals surface area contributed by atoms with Gasteiger partial charge >= 0.3 is 0 Å². The van der Waals surface area contributed by atoms with Crippen LogP contribution in [-0.4, -0.2) is 18.5 Å².